The number of nitrogens with zero attached hydrogens (tertiary/aromatic N) is 2. The number of likely N-dealkylation sites (N-methyl/N-ethyl adjacent to an activating group) is 1. The van der Waals surface area contributed by atoms with Crippen molar-refractivity contribution in [1.29, 1.82) is 0 Å². The van der Waals surface area contributed by atoms with Crippen LogP contribution in [0, 0.1) is 0 Å². The fourth-order valence-electron chi connectivity index (χ4n) is 2.81. The standard InChI is InChI=1S/C16H24N2O4/c1-12(18-5-7-22-8-6-18)10-17(2)11-13-3-4-15(19)14(9-13)16(20)21/h3-4,9,12,19H,5-8,10-11H2,1-2H3,(H,20,21)/t12-/m0/s1. The highest BCUT2D eigenvalue weighted by Gasteiger charge is 2.18. The molecule has 0 radical (unpaired) electrons. The van der Waals surface area contributed by atoms with Crippen molar-refractivity contribution in [3.8, 4) is 5.75 Å². The molecule has 0 saturated carbocycles. The Bertz CT molecular complexity index is 515. The minimum atomic E-state index is -1.11. The lowest BCUT2D eigenvalue weighted by Crippen LogP contribution is -2.46. The van der Waals surface area contributed by atoms with Crippen LogP contribution in [0.15, 0.2) is 18.2 Å². The predicted molar refractivity (Wildman–Crippen MR) is 83.3 cm³/mol. The van der Waals surface area contributed by atoms with Crippen LogP contribution in [0.2, 0.25) is 0 Å². The number of carboxylic acid groups (broad SMARTS) is 1. The van der Waals surface area contributed by atoms with Gasteiger partial charge in [-0.15, -0.1) is 0 Å². The summed E-state index contributed by atoms with van der Waals surface area (Å²) in [6, 6.07) is 5.16. The van der Waals surface area contributed by atoms with E-state index in [0.717, 1.165) is 38.4 Å². The van der Waals surface area contributed by atoms with Crippen molar-refractivity contribution in [1.82, 2.24) is 9.80 Å². The lowest BCUT2D eigenvalue weighted by atomic mass is 10.1. The van der Waals surface area contributed by atoms with Crippen LogP contribution in [-0.2, 0) is 11.3 Å². The van der Waals surface area contributed by atoms with Crippen LogP contribution >= 0.6 is 0 Å². The monoisotopic (exact) mass is 308 g/mol. The molecule has 0 amide bonds. The molecule has 1 aliphatic heterocycles. The second-order valence-electron chi connectivity index (χ2n) is 5.85. The number of aromatic carboxylic acids is 1. The minimum Gasteiger partial charge on any atom is -0.507 e. The van der Waals surface area contributed by atoms with E-state index in [9.17, 15) is 9.90 Å². The van der Waals surface area contributed by atoms with Crippen molar-refractivity contribution in [2.45, 2.75) is 19.5 Å². The first kappa shape index (κ1) is 16.7. The van der Waals surface area contributed by atoms with Gasteiger partial charge < -0.3 is 19.8 Å². The van der Waals surface area contributed by atoms with Crippen molar-refractivity contribution in [3.05, 3.63) is 29.3 Å². The van der Waals surface area contributed by atoms with Gasteiger partial charge in [0, 0.05) is 32.2 Å². The smallest absolute Gasteiger partial charge is 0.339 e. The summed E-state index contributed by atoms with van der Waals surface area (Å²) in [5.74, 6) is -1.30. The fraction of sp³-hybridized carbons (Fsp3) is 0.562. The van der Waals surface area contributed by atoms with Crippen LogP contribution in [0.1, 0.15) is 22.8 Å². The molecular formula is C16H24N2O4. The molecule has 0 unspecified atom stereocenters. The molecule has 1 atom stereocenters. The van der Waals surface area contributed by atoms with Gasteiger partial charge >= 0.3 is 5.97 Å². The predicted octanol–water partition coefficient (Wildman–Crippen LogP) is 1.24. The summed E-state index contributed by atoms with van der Waals surface area (Å²) in [4.78, 5) is 15.6. The Morgan fingerprint density at radius 1 is 1.41 bits per heavy atom. The number of hydrogen-bond donors (Lipinski definition) is 2. The molecule has 0 spiro atoms. The molecule has 0 aliphatic carbocycles. The van der Waals surface area contributed by atoms with Gasteiger partial charge in [-0.3, -0.25) is 4.90 Å². The van der Waals surface area contributed by atoms with Gasteiger partial charge in [-0.05, 0) is 31.7 Å². The van der Waals surface area contributed by atoms with E-state index < -0.39 is 5.97 Å². The van der Waals surface area contributed by atoms with Crippen molar-refractivity contribution in [2.75, 3.05) is 39.9 Å². The van der Waals surface area contributed by atoms with Gasteiger partial charge in [0.25, 0.3) is 0 Å². The molecule has 6 nitrogen and oxygen atoms in total. The quantitative estimate of drug-likeness (QED) is 0.824. The van der Waals surface area contributed by atoms with E-state index in [-0.39, 0.29) is 11.3 Å². The fourth-order valence-corrected chi connectivity index (χ4v) is 2.81. The number of morpholine rings is 1. The number of rotatable bonds is 6. The molecule has 1 heterocycles. The number of benzene rings is 1. The number of carbonyl (C=O) groups is 1. The van der Waals surface area contributed by atoms with Crippen LogP contribution < -0.4 is 0 Å². The summed E-state index contributed by atoms with van der Waals surface area (Å²) in [6.45, 7) is 7.22. The average Bonchev–Trinajstić information content (AvgIpc) is 2.49. The zero-order valence-corrected chi connectivity index (χ0v) is 13.2. The summed E-state index contributed by atoms with van der Waals surface area (Å²) < 4.78 is 5.36. The maximum Gasteiger partial charge on any atom is 0.339 e. The van der Waals surface area contributed by atoms with E-state index in [1.165, 1.54) is 12.1 Å². The third-order valence-corrected chi connectivity index (χ3v) is 3.99. The van der Waals surface area contributed by atoms with E-state index in [2.05, 4.69) is 16.7 Å². The summed E-state index contributed by atoms with van der Waals surface area (Å²) in [5.41, 5.74) is 0.832. The summed E-state index contributed by atoms with van der Waals surface area (Å²) in [7, 11) is 2.02. The molecular weight excluding hydrogens is 284 g/mol. The van der Waals surface area contributed by atoms with Gasteiger partial charge in [0.2, 0.25) is 0 Å². The van der Waals surface area contributed by atoms with Gasteiger partial charge in [-0.1, -0.05) is 6.07 Å². The Kier molecular flexibility index (Phi) is 5.76. The van der Waals surface area contributed by atoms with Crippen LogP contribution in [0.4, 0.5) is 0 Å². The number of hydrogen-bond acceptors (Lipinski definition) is 5. The highest BCUT2D eigenvalue weighted by molar-refractivity contribution is 5.90. The molecule has 1 aromatic rings. The van der Waals surface area contributed by atoms with E-state index in [1.54, 1.807) is 6.07 Å². The van der Waals surface area contributed by atoms with Gasteiger partial charge in [-0.25, -0.2) is 4.79 Å². The van der Waals surface area contributed by atoms with E-state index in [0.29, 0.717) is 12.6 Å². The zero-order chi connectivity index (χ0) is 16.1. The largest absolute Gasteiger partial charge is 0.507 e. The lowest BCUT2D eigenvalue weighted by Gasteiger charge is -2.34. The Hall–Kier alpha value is -1.63. The highest BCUT2D eigenvalue weighted by Crippen LogP contribution is 2.19. The van der Waals surface area contributed by atoms with Crippen molar-refractivity contribution in [3.63, 3.8) is 0 Å². The van der Waals surface area contributed by atoms with Gasteiger partial charge in [0.1, 0.15) is 11.3 Å². The van der Waals surface area contributed by atoms with Crippen LogP contribution in [0.3, 0.4) is 0 Å². The molecule has 1 aliphatic rings. The van der Waals surface area contributed by atoms with Crippen LogP contribution in [0.25, 0.3) is 0 Å². The van der Waals surface area contributed by atoms with Crippen molar-refractivity contribution >= 4 is 5.97 Å². The third-order valence-electron chi connectivity index (χ3n) is 3.99. The first-order valence-electron chi connectivity index (χ1n) is 7.53. The molecule has 0 bridgehead atoms. The van der Waals surface area contributed by atoms with Gasteiger partial charge in [0.05, 0.1) is 13.2 Å². The second-order valence-corrected chi connectivity index (χ2v) is 5.85. The maximum absolute atomic E-state index is 11.1. The van der Waals surface area contributed by atoms with Crippen LogP contribution in [0.5, 0.6) is 5.75 Å². The Morgan fingerprint density at radius 2 is 2.09 bits per heavy atom. The SMILES string of the molecule is C[C@@H](CN(C)Cc1ccc(O)c(C(=O)O)c1)N1CCOCC1. The number of carboxylic acids is 1. The average molecular weight is 308 g/mol. The lowest BCUT2D eigenvalue weighted by molar-refractivity contribution is 0.0137. The Morgan fingerprint density at radius 3 is 2.73 bits per heavy atom. The maximum atomic E-state index is 11.1. The van der Waals surface area contributed by atoms with E-state index in [1.807, 2.05) is 7.05 Å². The van der Waals surface area contributed by atoms with Gasteiger partial charge in [0.15, 0.2) is 0 Å². The Balaban J connectivity index is 1.92. The third kappa shape index (κ3) is 4.43. The number of phenols is 1. The molecule has 1 aromatic carbocycles. The van der Waals surface area contributed by atoms with E-state index >= 15 is 0 Å². The first-order valence-corrected chi connectivity index (χ1v) is 7.53. The van der Waals surface area contributed by atoms with Crippen molar-refractivity contribution < 1.29 is 19.7 Å². The summed E-state index contributed by atoms with van der Waals surface area (Å²) in [6.07, 6.45) is 0. The van der Waals surface area contributed by atoms with Crippen molar-refractivity contribution in [2.24, 2.45) is 0 Å². The number of ether oxygens (including phenoxy) is 1. The zero-order valence-electron chi connectivity index (χ0n) is 13.2. The second kappa shape index (κ2) is 7.58. The molecule has 22 heavy (non-hydrogen) atoms. The first-order chi connectivity index (χ1) is 10.5. The molecule has 6 heteroatoms. The van der Waals surface area contributed by atoms with E-state index in [4.69, 9.17) is 9.84 Å². The summed E-state index contributed by atoms with van der Waals surface area (Å²) >= 11 is 0. The topological polar surface area (TPSA) is 73.2 Å². The van der Waals surface area contributed by atoms with Gasteiger partial charge in [-0.2, -0.15) is 0 Å². The molecule has 1 fully saturated rings. The summed E-state index contributed by atoms with van der Waals surface area (Å²) in [5, 5.41) is 18.6. The minimum absolute atomic E-state index is 0.0490. The molecule has 1 saturated heterocycles. The normalized spacial score (nSPS) is 17.6. The highest BCUT2D eigenvalue weighted by atomic mass is 16.5. The Labute approximate surface area is 130 Å². The molecule has 2 rings (SSSR count). The number of aromatic hydroxyl groups is 1. The molecule has 122 valence electrons. The molecule has 0 aromatic heterocycles. The molecule has 2 N–H and O–H groups in total. The van der Waals surface area contributed by atoms with Crippen LogP contribution in [-0.4, -0.2) is 71.9 Å².